The molecule has 20 heavy (non-hydrogen) atoms. The summed E-state index contributed by atoms with van der Waals surface area (Å²) in [6, 6.07) is 4.06. The molecule has 0 bridgehead atoms. The topological polar surface area (TPSA) is 80.0 Å². The Bertz CT molecular complexity index is 611. The Labute approximate surface area is 115 Å². The van der Waals surface area contributed by atoms with Crippen LogP contribution in [-0.4, -0.2) is 37.9 Å². The van der Waals surface area contributed by atoms with Crippen LogP contribution in [0.4, 0.5) is 4.39 Å². The van der Waals surface area contributed by atoms with Crippen molar-refractivity contribution in [2.75, 3.05) is 6.61 Å². The van der Waals surface area contributed by atoms with E-state index < -0.39 is 17.3 Å². The molecule has 2 aromatic rings. The second-order valence-electron chi connectivity index (χ2n) is 5.00. The highest BCUT2D eigenvalue weighted by Gasteiger charge is 2.20. The van der Waals surface area contributed by atoms with Crippen LogP contribution in [-0.2, 0) is 0 Å². The third-order valence-corrected chi connectivity index (χ3v) is 2.72. The lowest BCUT2D eigenvalue weighted by Crippen LogP contribution is -2.46. The molecule has 0 aliphatic heterocycles. The van der Waals surface area contributed by atoms with Gasteiger partial charge in [0, 0.05) is 5.56 Å². The first kappa shape index (κ1) is 14.1. The molecule has 7 heteroatoms. The van der Waals surface area contributed by atoms with Gasteiger partial charge in [-0.25, -0.2) is 14.1 Å². The van der Waals surface area contributed by atoms with E-state index in [1.54, 1.807) is 13.8 Å². The SMILES string of the molecule is CC(C)(CO)NC(=O)c1ccc(-n2cncn2)c(F)c1. The van der Waals surface area contributed by atoms with E-state index in [0.717, 1.165) is 6.07 Å². The first-order valence-corrected chi connectivity index (χ1v) is 6.01. The molecule has 0 aliphatic rings. The molecule has 106 valence electrons. The van der Waals surface area contributed by atoms with Crippen LogP contribution in [0.1, 0.15) is 24.2 Å². The zero-order chi connectivity index (χ0) is 14.8. The third kappa shape index (κ3) is 3.00. The molecule has 0 spiro atoms. The van der Waals surface area contributed by atoms with Crippen LogP contribution in [0.15, 0.2) is 30.9 Å². The molecule has 0 unspecified atom stereocenters. The monoisotopic (exact) mass is 278 g/mol. The van der Waals surface area contributed by atoms with E-state index >= 15 is 0 Å². The highest BCUT2D eigenvalue weighted by Crippen LogP contribution is 2.14. The van der Waals surface area contributed by atoms with E-state index in [9.17, 15) is 9.18 Å². The number of nitrogens with zero attached hydrogens (tertiary/aromatic N) is 3. The van der Waals surface area contributed by atoms with Crippen LogP contribution in [0.3, 0.4) is 0 Å². The summed E-state index contributed by atoms with van der Waals surface area (Å²) in [6.45, 7) is 3.13. The van der Waals surface area contributed by atoms with Crippen LogP contribution >= 0.6 is 0 Å². The number of aliphatic hydroxyl groups is 1. The molecule has 6 nitrogen and oxygen atoms in total. The van der Waals surface area contributed by atoms with Crippen LogP contribution in [0.2, 0.25) is 0 Å². The maximum absolute atomic E-state index is 14.0. The molecular formula is C13H15FN4O2. The summed E-state index contributed by atoms with van der Waals surface area (Å²) in [6.07, 6.45) is 2.66. The summed E-state index contributed by atoms with van der Waals surface area (Å²) in [5.74, 6) is -1.03. The Morgan fingerprint density at radius 3 is 2.80 bits per heavy atom. The predicted octanol–water partition coefficient (Wildman–Crippen LogP) is 0.907. The fraction of sp³-hybridized carbons (Fsp3) is 0.308. The number of rotatable bonds is 4. The van der Waals surface area contributed by atoms with E-state index in [1.807, 2.05) is 0 Å². The number of carbonyl (C=O) groups is 1. The van der Waals surface area contributed by atoms with Gasteiger partial charge in [0.15, 0.2) is 0 Å². The number of carbonyl (C=O) groups excluding carboxylic acids is 1. The minimum absolute atomic E-state index is 0.174. The van der Waals surface area contributed by atoms with E-state index in [2.05, 4.69) is 15.4 Å². The minimum atomic E-state index is -0.766. The minimum Gasteiger partial charge on any atom is -0.394 e. The van der Waals surface area contributed by atoms with Crippen molar-refractivity contribution in [1.29, 1.82) is 0 Å². The van der Waals surface area contributed by atoms with Crippen molar-refractivity contribution in [3.05, 3.63) is 42.2 Å². The van der Waals surface area contributed by atoms with Crippen LogP contribution < -0.4 is 5.32 Å². The molecule has 2 N–H and O–H groups in total. The molecular weight excluding hydrogens is 263 g/mol. The summed E-state index contributed by atoms with van der Waals surface area (Å²) in [5.41, 5.74) is -0.383. The molecule has 1 amide bonds. The quantitative estimate of drug-likeness (QED) is 0.871. The second kappa shape index (κ2) is 5.38. The van der Waals surface area contributed by atoms with E-state index in [-0.39, 0.29) is 17.9 Å². The van der Waals surface area contributed by atoms with Crippen molar-refractivity contribution in [3.8, 4) is 5.69 Å². The number of hydrogen-bond donors (Lipinski definition) is 2. The maximum atomic E-state index is 14.0. The molecule has 0 radical (unpaired) electrons. The first-order valence-electron chi connectivity index (χ1n) is 6.01. The number of aromatic nitrogens is 3. The number of benzene rings is 1. The van der Waals surface area contributed by atoms with Gasteiger partial charge in [0.25, 0.3) is 5.91 Å². The van der Waals surface area contributed by atoms with Crippen molar-refractivity contribution >= 4 is 5.91 Å². The van der Waals surface area contributed by atoms with Crippen LogP contribution in [0.5, 0.6) is 0 Å². The van der Waals surface area contributed by atoms with Gasteiger partial charge >= 0.3 is 0 Å². The van der Waals surface area contributed by atoms with Gasteiger partial charge in [-0.3, -0.25) is 4.79 Å². The lowest BCUT2D eigenvalue weighted by atomic mass is 10.1. The summed E-state index contributed by atoms with van der Waals surface area (Å²) in [5, 5.41) is 15.5. The zero-order valence-electron chi connectivity index (χ0n) is 11.2. The molecule has 0 aliphatic carbocycles. The van der Waals surface area contributed by atoms with Crippen molar-refractivity contribution < 1.29 is 14.3 Å². The predicted molar refractivity (Wildman–Crippen MR) is 69.9 cm³/mol. The van der Waals surface area contributed by atoms with Gasteiger partial charge < -0.3 is 10.4 Å². The molecule has 0 fully saturated rings. The van der Waals surface area contributed by atoms with Crippen molar-refractivity contribution in [2.45, 2.75) is 19.4 Å². The van der Waals surface area contributed by atoms with Gasteiger partial charge in [0.2, 0.25) is 0 Å². The normalized spacial score (nSPS) is 11.4. The van der Waals surface area contributed by atoms with Gasteiger partial charge in [-0.1, -0.05) is 0 Å². The van der Waals surface area contributed by atoms with Gasteiger partial charge in [0.1, 0.15) is 24.2 Å². The molecule has 0 atom stereocenters. The molecule has 1 aromatic carbocycles. The van der Waals surface area contributed by atoms with Gasteiger partial charge in [-0.05, 0) is 32.0 Å². The van der Waals surface area contributed by atoms with E-state index in [0.29, 0.717) is 0 Å². The number of halogens is 1. The third-order valence-electron chi connectivity index (χ3n) is 2.72. The summed E-state index contributed by atoms with van der Waals surface area (Å²) in [4.78, 5) is 15.7. The molecule has 1 heterocycles. The van der Waals surface area contributed by atoms with Crippen molar-refractivity contribution in [1.82, 2.24) is 20.1 Å². The van der Waals surface area contributed by atoms with Gasteiger partial charge in [-0.2, -0.15) is 5.10 Å². The Hall–Kier alpha value is -2.28. The summed E-state index contributed by atoms with van der Waals surface area (Å²) in [7, 11) is 0. The van der Waals surface area contributed by atoms with Crippen LogP contribution in [0, 0.1) is 5.82 Å². The number of amides is 1. The maximum Gasteiger partial charge on any atom is 0.251 e. The smallest absolute Gasteiger partial charge is 0.251 e. The average molecular weight is 278 g/mol. The summed E-state index contributed by atoms with van der Waals surface area (Å²) < 4.78 is 15.2. The molecule has 2 rings (SSSR count). The Kier molecular flexibility index (Phi) is 3.80. The number of hydrogen-bond acceptors (Lipinski definition) is 4. The lowest BCUT2D eigenvalue weighted by molar-refractivity contribution is 0.0869. The fourth-order valence-corrected chi connectivity index (χ4v) is 1.59. The van der Waals surface area contributed by atoms with Crippen LogP contribution in [0.25, 0.3) is 5.69 Å². The lowest BCUT2D eigenvalue weighted by Gasteiger charge is -2.23. The Balaban J connectivity index is 2.23. The highest BCUT2D eigenvalue weighted by atomic mass is 19.1. The molecule has 0 saturated heterocycles. The Morgan fingerprint density at radius 1 is 1.50 bits per heavy atom. The van der Waals surface area contributed by atoms with Gasteiger partial charge in [0.05, 0.1) is 12.1 Å². The number of aliphatic hydroxyl groups excluding tert-OH is 1. The fourth-order valence-electron chi connectivity index (χ4n) is 1.59. The molecule has 1 aromatic heterocycles. The van der Waals surface area contributed by atoms with Crippen molar-refractivity contribution in [3.63, 3.8) is 0 Å². The Morgan fingerprint density at radius 2 is 2.25 bits per heavy atom. The first-order chi connectivity index (χ1) is 9.43. The standard InChI is InChI=1S/C13H15FN4O2/c1-13(2,6-19)17-12(20)9-3-4-11(10(14)5-9)18-8-15-7-16-18/h3-5,7-8,19H,6H2,1-2H3,(H,17,20). The second-order valence-corrected chi connectivity index (χ2v) is 5.00. The van der Waals surface area contributed by atoms with E-state index in [1.165, 1.54) is 29.5 Å². The number of nitrogens with one attached hydrogen (secondary N) is 1. The van der Waals surface area contributed by atoms with Crippen molar-refractivity contribution in [2.24, 2.45) is 0 Å². The zero-order valence-corrected chi connectivity index (χ0v) is 11.2. The average Bonchev–Trinajstić information content (AvgIpc) is 2.92. The summed E-state index contributed by atoms with van der Waals surface area (Å²) >= 11 is 0. The van der Waals surface area contributed by atoms with E-state index in [4.69, 9.17) is 5.11 Å². The highest BCUT2D eigenvalue weighted by molar-refractivity contribution is 5.94. The largest absolute Gasteiger partial charge is 0.394 e. The van der Waals surface area contributed by atoms with Gasteiger partial charge in [-0.15, -0.1) is 0 Å². The molecule has 0 saturated carbocycles.